The maximum atomic E-state index is 5.56. The maximum absolute atomic E-state index is 5.56. The van der Waals surface area contributed by atoms with Crippen LogP contribution in [0.2, 0.25) is 0 Å². The number of alkyl halides is 1. The highest BCUT2D eigenvalue weighted by atomic mass is 79.9. The molecule has 0 amide bonds. The quantitative estimate of drug-likeness (QED) is 0.599. The lowest BCUT2D eigenvalue weighted by Crippen LogP contribution is -1.92. The third-order valence-electron chi connectivity index (χ3n) is 2.94. The molecular formula is C15H16Br2O. The molecule has 0 spiro atoms. The first kappa shape index (κ1) is 13.9. The monoisotopic (exact) mass is 370 g/mol. The van der Waals surface area contributed by atoms with E-state index in [0.29, 0.717) is 0 Å². The van der Waals surface area contributed by atoms with Crippen LogP contribution in [0.3, 0.4) is 0 Å². The van der Waals surface area contributed by atoms with Gasteiger partial charge in [-0.05, 0) is 52.0 Å². The van der Waals surface area contributed by atoms with E-state index in [2.05, 4.69) is 63.0 Å². The van der Waals surface area contributed by atoms with Gasteiger partial charge in [0, 0.05) is 0 Å². The van der Waals surface area contributed by atoms with Gasteiger partial charge in [-0.2, -0.15) is 0 Å². The molecule has 1 aromatic carbocycles. The van der Waals surface area contributed by atoms with E-state index in [1.165, 1.54) is 24.0 Å². The minimum absolute atomic E-state index is 0.115. The van der Waals surface area contributed by atoms with Crippen LogP contribution >= 0.6 is 31.9 Å². The van der Waals surface area contributed by atoms with Crippen LogP contribution < -0.4 is 0 Å². The van der Waals surface area contributed by atoms with Gasteiger partial charge < -0.3 is 4.42 Å². The fourth-order valence-electron chi connectivity index (χ4n) is 1.86. The van der Waals surface area contributed by atoms with Gasteiger partial charge in [-0.25, -0.2) is 0 Å². The Hall–Kier alpha value is -0.540. The van der Waals surface area contributed by atoms with Crippen LogP contribution in [-0.2, 0) is 6.42 Å². The second-order valence-electron chi connectivity index (χ2n) is 4.35. The fraction of sp³-hybridized carbons (Fsp3) is 0.333. The van der Waals surface area contributed by atoms with Crippen LogP contribution in [0.25, 0.3) is 0 Å². The number of unbranched alkanes of at least 4 members (excludes halogenated alkanes) is 1. The van der Waals surface area contributed by atoms with Gasteiger partial charge in [0.25, 0.3) is 0 Å². The minimum Gasteiger partial charge on any atom is -0.453 e. The Morgan fingerprint density at radius 3 is 2.39 bits per heavy atom. The highest BCUT2D eigenvalue weighted by Gasteiger charge is 2.13. The Kier molecular flexibility index (Phi) is 5.07. The summed E-state index contributed by atoms with van der Waals surface area (Å²) < 4.78 is 6.33. The summed E-state index contributed by atoms with van der Waals surface area (Å²) in [6, 6.07) is 12.6. The normalized spacial score (nSPS) is 12.6. The molecule has 0 radical (unpaired) electrons. The average Bonchev–Trinajstić information content (AvgIpc) is 2.83. The van der Waals surface area contributed by atoms with Crippen molar-refractivity contribution < 1.29 is 4.42 Å². The standard InChI is InChI=1S/C15H16Br2O/c1-2-3-4-11-5-7-12(8-6-11)15(17)13-9-10-14(16)18-13/h5-10,15H,2-4H2,1H3. The minimum atomic E-state index is 0.115. The highest BCUT2D eigenvalue weighted by Crippen LogP contribution is 2.33. The molecule has 96 valence electrons. The first-order valence-corrected chi connectivity index (χ1v) is 7.89. The molecule has 0 saturated heterocycles. The smallest absolute Gasteiger partial charge is 0.169 e. The first-order valence-electron chi connectivity index (χ1n) is 6.19. The second-order valence-corrected chi connectivity index (χ2v) is 6.05. The van der Waals surface area contributed by atoms with E-state index in [4.69, 9.17) is 4.42 Å². The molecule has 0 N–H and O–H groups in total. The van der Waals surface area contributed by atoms with Gasteiger partial charge in [-0.3, -0.25) is 0 Å². The lowest BCUT2D eigenvalue weighted by molar-refractivity contribution is 0.497. The topological polar surface area (TPSA) is 13.1 Å². The number of rotatable bonds is 5. The molecule has 0 aliphatic carbocycles. The molecule has 1 atom stereocenters. The number of hydrogen-bond donors (Lipinski definition) is 0. The maximum Gasteiger partial charge on any atom is 0.169 e. The van der Waals surface area contributed by atoms with Crippen LogP contribution in [0.5, 0.6) is 0 Å². The molecule has 1 unspecified atom stereocenters. The summed E-state index contributed by atoms with van der Waals surface area (Å²) in [7, 11) is 0. The van der Waals surface area contributed by atoms with Crippen molar-refractivity contribution in [2.45, 2.75) is 31.0 Å². The lowest BCUT2D eigenvalue weighted by atomic mass is 10.0. The number of halogens is 2. The molecule has 18 heavy (non-hydrogen) atoms. The summed E-state index contributed by atoms with van der Waals surface area (Å²) in [5.74, 6) is 0.920. The Bertz CT molecular complexity index is 487. The van der Waals surface area contributed by atoms with E-state index in [1.807, 2.05) is 12.1 Å². The van der Waals surface area contributed by atoms with Crippen LogP contribution in [0, 0.1) is 0 Å². The third-order valence-corrected chi connectivity index (χ3v) is 4.34. The largest absolute Gasteiger partial charge is 0.453 e. The van der Waals surface area contributed by atoms with E-state index in [-0.39, 0.29) is 4.83 Å². The summed E-state index contributed by atoms with van der Waals surface area (Å²) in [5, 5.41) is 0. The molecule has 0 saturated carbocycles. The van der Waals surface area contributed by atoms with E-state index in [1.54, 1.807) is 0 Å². The zero-order valence-electron chi connectivity index (χ0n) is 10.3. The summed E-state index contributed by atoms with van der Waals surface area (Å²) in [5.41, 5.74) is 2.62. The first-order chi connectivity index (χ1) is 8.70. The van der Waals surface area contributed by atoms with Crippen molar-refractivity contribution in [3.05, 3.63) is 58.0 Å². The van der Waals surface area contributed by atoms with Gasteiger partial charge in [0.2, 0.25) is 0 Å². The molecule has 2 aromatic rings. The third kappa shape index (κ3) is 3.48. The predicted molar refractivity (Wildman–Crippen MR) is 82.2 cm³/mol. The van der Waals surface area contributed by atoms with Crippen molar-refractivity contribution >= 4 is 31.9 Å². The highest BCUT2D eigenvalue weighted by molar-refractivity contribution is 9.10. The molecule has 1 aromatic heterocycles. The zero-order valence-corrected chi connectivity index (χ0v) is 13.5. The molecule has 0 aliphatic heterocycles. The summed E-state index contributed by atoms with van der Waals surface area (Å²) in [4.78, 5) is 0.115. The van der Waals surface area contributed by atoms with Crippen molar-refractivity contribution in [1.29, 1.82) is 0 Å². The molecule has 0 aliphatic rings. The summed E-state index contributed by atoms with van der Waals surface area (Å²) in [6.45, 7) is 2.22. The van der Waals surface area contributed by atoms with Gasteiger partial charge in [0.15, 0.2) is 4.67 Å². The Balaban J connectivity index is 2.09. The van der Waals surface area contributed by atoms with Crippen molar-refractivity contribution in [3.63, 3.8) is 0 Å². The van der Waals surface area contributed by atoms with Gasteiger partial charge in [0.05, 0.1) is 4.83 Å². The molecular weight excluding hydrogens is 356 g/mol. The number of hydrogen-bond acceptors (Lipinski definition) is 1. The van der Waals surface area contributed by atoms with E-state index in [0.717, 1.165) is 16.9 Å². The number of furan rings is 1. The van der Waals surface area contributed by atoms with Crippen molar-refractivity contribution in [3.8, 4) is 0 Å². The van der Waals surface area contributed by atoms with Crippen molar-refractivity contribution in [1.82, 2.24) is 0 Å². The van der Waals surface area contributed by atoms with Gasteiger partial charge in [-0.1, -0.05) is 53.5 Å². The van der Waals surface area contributed by atoms with Crippen LogP contribution in [0.15, 0.2) is 45.5 Å². The van der Waals surface area contributed by atoms with E-state index >= 15 is 0 Å². The predicted octanol–water partition coefficient (Wildman–Crippen LogP) is 5.87. The zero-order chi connectivity index (χ0) is 13.0. The van der Waals surface area contributed by atoms with Gasteiger partial charge in [-0.15, -0.1) is 0 Å². The van der Waals surface area contributed by atoms with E-state index < -0.39 is 0 Å². The molecule has 0 bridgehead atoms. The molecule has 2 rings (SSSR count). The van der Waals surface area contributed by atoms with Gasteiger partial charge >= 0.3 is 0 Å². The SMILES string of the molecule is CCCCc1ccc(C(Br)c2ccc(Br)o2)cc1. The number of benzene rings is 1. The average molecular weight is 372 g/mol. The summed E-state index contributed by atoms with van der Waals surface area (Å²) in [6.07, 6.45) is 3.65. The molecule has 1 heterocycles. The van der Waals surface area contributed by atoms with Crippen LogP contribution in [0.4, 0.5) is 0 Å². The van der Waals surface area contributed by atoms with Crippen LogP contribution in [0.1, 0.15) is 41.5 Å². The molecule has 1 nitrogen and oxygen atoms in total. The molecule has 3 heteroatoms. The van der Waals surface area contributed by atoms with Gasteiger partial charge in [0.1, 0.15) is 5.76 Å². The Labute approximate surface area is 125 Å². The van der Waals surface area contributed by atoms with Crippen molar-refractivity contribution in [2.75, 3.05) is 0 Å². The second kappa shape index (κ2) is 6.58. The van der Waals surface area contributed by atoms with Crippen LogP contribution in [-0.4, -0.2) is 0 Å². The van der Waals surface area contributed by atoms with E-state index in [9.17, 15) is 0 Å². The fourth-order valence-corrected chi connectivity index (χ4v) is 2.73. The Morgan fingerprint density at radius 2 is 1.83 bits per heavy atom. The van der Waals surface area contributed by atoms with Crippen molar-refractivity contribution in [2.24, 2.45) is 0 Å². The number of aryl methyl sites for hydroxylation is 1. The summed E-state index contributed by atoms with van der Waals surface area (Å²) >= 11 is 7.00. The lowest BCUT2D eigenvalue weighted by Gasteiger charge is -2.08. The molecule has 0 fully saturated rings. The Morgan fingerprint density at radius 1 is 1.11 bits per heavy atom.